The van der Waals surface area contributed by atoms with Crippen LogP contribution in [0.3, 0.4) is 0 Å². The van der Waals surface area contributed by atoms with Crippen molar-refractivity contribution in [3.63, 3.8) is 0 Å². The molecule has 0 aliphatic heterocycles. The average Bonchev–Trinajstić information content (AvgIpc) is 3.22. The highest BCUT2D eigenvalue weighted by atomic mass is 32.1. The lowest BCUT2D eigenvalue weighted by Gasteiger charge is -2.30. The van der Waals surface area contributed by atoms with Crippen molar-refractivity contribution in [2.45, 2.75) is 18.9 Å². The van der Waals surface area contributed by atoms with Gasteiger partial charge in [0.15, 0.2) is 0 Å². The van der Waals surface area contributed by atoms with Gasteiger partial charge in [0, 0.05) is 24.8 Å². The molecule has 1 N–H and O–H groups in total. The lowest BCUT2D eigenvalue weighted by atomic mass is 9.91. The van der Waals surface area contributed by atoms with Gasteiger partial charge in [0.1, 0.15) is 28.7 Å². The van der Waals surface area contributed by atoms with Crippen molar-refractivity contribution in [2.24, 2.45) is 0 Å². The number of hydrogen-bond acceptors (Lipinski definition) is 5. The molecule has 3 rings (SSSR count). The maximum absolute atomic E-state index is 10.2. The first-order chi connectivity index (χ1) is 13.2. The van der Waals surface area contributed by atoms with E-state index in [-0.39, 0.29) is 5.75 Å². The largest absolute Gasteiger partial charge is 0.508 e. The Labute approximate surface area is 163 Å². The van der Waals surface area contributed by atoms with Crippen LogP contribution in [0.2, 0.25) is 0 Å². The van der Waals surface area contributed by atoms with E-state index in [2.05, 4.69) is 4.98 Å². The Hall–Kier alpha value is -2.63. The molecule has 1 heterocycles. The predicted molar refractivity (Wildman–Crippen MR) is 109 cm³/mol. The summed E-state index contributed by atoms with van der Waals surface area (Å²) in [6.45, 7) is 2.44. The van der Waals surface area contributed by atoms with Crippen LogP contribution in [-0.2, 0) is 10.3 Å². The Kier molecular flexibility index (Phi) is 6.27. The molecule has 0 aliphatic rings. The van der Waals surface area contributed by atoms with Crippen LogP contribution in [0.15, 0.2) is 66.2 Å². The van der Waals surface area contributed by atoms with E-state index in [1.807, 2.05) is 60.9 Å². The summed E-state index contributed by atoms with van der Waals surface area (Å²) in [6, 6.07) is 15.3. The fourth-order valence-electron chi connectivity index (χ4n) is 3.04. The molecule has 0 saturated carbocycles. The first-order valence-corrected chi connectivity index (χ1v) is 9.70. The number of aromatic nitrogens is 1. The van der Waals surface area contributed by atoms with Gasteiger partial charge in [-0.15, -0.1) is 11.3 Å². The van der Waals surface area contributed by atoms with Crippen molar-refractivity contribution in [1.82, 2.24) is 4.98 Å². The van der Waals surface area contributed by atoms with Crippen molar-refractivity contribution in [3.8, 4) is 11.5 Å². The van der Waals surface area contributed by atoms with E-state index in [1.54, 1.807) is 25.4 Å². The molecule has 140 valence electrons. The summed E-state index contributed by atoms with van der Waals surface area (Å²) in [5.74, 6) is 0.732. The van der Waals surface area contributed by atoms with Crippen LogP contribution >= 0.6 is 11.3 Å². The van der Waals surface area contributed by atoms with Crippen molar-refractivity contribution in [2.75, 3.05) is 13.7 Å². The number of thiazole rings is 1. The number of phenols is 1. The van der Waals surface area contributed by atoms with Crippen LogP contribution in [0.4, 0.5) is 0 Å². The smallest absolute Gasteiger partial charge is 0.144 e. The van der Waals surface area contributed by atoms with Crippen LogP contribution in [0, 0.1) is 0 Å². The standard InChI is InChI=1S/C22H23NO3S/c1-3-22(25-2,21-23-11-13-27-21)18-14-19(24)16-20(15-18)26-12-7-10-17-8-5-4-6-9-17/h4-11,13-16,24H,3,12H2,1-2H3. The number of aromatic hydroxyl groups is 1. The minimum atomic E-state index is -0.703. The normalized spacial score (nSPS) is 13.6. The molecule has 0 amide bonds. The fourth-order valence-corrected chi connectivity index (χ4v) is 3.95. The third-order valence-electron chi connectivity index (χ3n) is 4.44. The molecule has 1 aromatic heterocycles. The summed E-state index contributed by atoms with van der Waals surface area (Å²) in [5, 5.41) is 13.0. The third kappa shape index (κ3) is 4.38. The zero-order chi connectivity index (χ0) is 19.1. The molecule has 0 radical (unpaired) electrons. The molecule has 0 bridgehead atoms. The molecule has 0 aliphatic carbocycles. The fraction of sp³-hybridized carbons (Fsp3) is 0.227. The molecule has 5 heteroatoms. The average molecular weight is 381 g/mol. The van der Waals surface area contributed by atoms with Gasteiger partial charge in [-0.1, -0.05) is 43.3 Å². The molecule has 0 fully saturated rings. The van der Waals surface area contributed by atoms with Crippen LogP contribution < -0.4 is 4.74 Å². The number of ether oxygens (including phenoxy) is 2. The molecule has 3 aromatic rings. The molecule has 4 nitrogen and oxygen atoms in total. The lowest BCUT2D eigenvalue weighted by molar-refractivity contribution is 0.0181. The maximum Gasteiger partial charge on any atom is 0.144 e. The number of phenolic OH excluding ortho intramolecular Hbond substituents is 1. The first kappa shape index (κ1) is 19.1. The zero-order valence-corrected chi connectivity index (χ0v) is 16.3. The molecular weight excluding hydrogens is 358 g/mol. The summed E-state index contributed by atoms with van der Waals surface area (Å²) in [5.41, 5.74) is 1.24. The molecule has 2 aromatic carbocycles. The van der Waals surface area contributed by atoms with Crippen LogP contribution in [0.1, 0.15) is 29.5 Å². The molecule has 1 atom stereocenters. The topological polar surface area (TPSA) is 51.6 Å². The number of benzene rings is 2. The minimum absolute atomic E-state index is 0.140. The van der Waals surface area contributed by atoms with Crippen LogP contribution in [0.25, 0.3) is 6.08 Å². The quantitative estimate of drug-likeness (QED) is 0.580. The van der Waals surface area contributed by atoms with Crippen molar-refractivity contribution >= 4 is 17.4 Å². The van der Waals surface area contributed by atoms with Crippen LogP contribution in [-0.4, -0.2) is 23.8 Å². The highest BCUT2D eigenvalue weighted by Crippen LogP contribution is 2.40. The SMILES string of the molecule is CCC(OC)(c1cc(O)cc(OCC=Cc2ccccc2)c1)c1nccs1. The van der Waals surface area contributed by atoms with Crippen molar-refractivity contribution < 1.29 is 14.6 Å². The number of methoxy groups -OCH3 is 1. The van der Waals surface area contributed by atoms with Gasteiger partial charge in [-0.2, -0.15) is 0 Å². The summed E-state index contributed by atoms with van der Waals surface area (Å²) in [6.07, 6.45) is 6.40. The minimum Gasteiger partial charge on any atom is -0.508 e. The van der Waals surface area contributed by atoms with Gasteiger partial charge in [-0.3, -0.25) is 0 Å². The summed E-state index contributed by atoms with van der Waals surface area (Å²) in [4.78, 5) is 4.44. The highest BCUT2D eigenvalue weighted by Gasteiger charge is 2.36. The van der Waals surface area contributed by atoms with Crippen molar-refractivity contribution in [1.29, 1.82) is 0 Å². The number of hydrogen-bond donors (Lipinski definition) is 1. The van der Waals surface area contributed by atoms with Gasteiger partial charge in [0.25, 0.3) is 0 Å². The summed E-state index contributed by atoms with van der Waals surface area (Å²) in [7, 11) is 1.66. The number of nitrogens with zero attached hydrogens (tertiary/aromatic N) is 1. The van der Waals surface area contributed by atoms with Gasteiger partial charge in [0.2, 0.25) is 0 Å². The Morgan fingerprint density at radius 1 is 1.19 bits per heavy atom. The molecule has 0 spiro atoms. The second kappa shape index (κ2) is 8.84. The van der Waals surface area contributed by atoms with Gasteiger partial charge in [0.05, 0.1) is 0 Å². The summed E-state index contributed by atoms with van der Waals surface area (Å²) >= 11 is 1.53. The van der Waals surface area contributed by atoms with Gasteiger partial charge in [-0.25, -0.2) is 4.98 Å². The Morgan fingerprint density at radius 3 is 2.67 bits per heavy atom. The number of rotatable bonds is 8. The van der Waals surface area contributed by atoms with E-state index in [9.17, 15) is 5.11 Å². The molecular formula is C22H23NO3S. The lowest BCUT2D eigenvalue weighted by Crippen LogP contribution is -2.29. The second-order valence-corrected chi connectivity index (χ2v) is 6.96. The molecule has 1 unspecified atom stereocenters. The van der Waals surface area contributed by atoms with Gasteiger partial charge in [-0.05, 0) is 35.8 Å². The zero-order valence-electron chi connectivity index (χ0n) is 15.5. The van der Waals surface area contributed by atoms with E-state index < -0.39 is 5.60 Å². The third-order valence-corrected chi connectivity index (χ3v) is 5.35. The monoisotopic (exact) mass is 381 g/mol. The second-order valence-electron chi connectivity index (χ2n) is 6.06. The Balaban J connectivity index is 1.80. The maximum atomic E-state index is 10.2. The molecule has 27 heavy (non-hydrogen) atoms. The molecule has 0 saturated heterocycles. The predicted octanol–water partition coefficient (Wildman–Crippen LogP) is 5.24. The van der Waals surface area contributed by atoms with E-state index >= 15 is 0 Å². The van der Waals surface area contributed by atoms with E-state index in [1.165, 1.54) is 11.3 Å². The van der Waals surface area contributed by atoms with Gasteiger partial charge >= 0.3 is 0 Å². The Morgan fingerprint density at radius 2 is 2.00 bits per heavy atom. The van der Waals surface area contributed by atoms with Crippen molar-refractivity contribution in [3.05, 3.63) is 82.3 Å². The summed E-state index contributed by atoms with van der Waals surface area (Å²) < 4.78 is 11.7. The first-order valence-electron chi connectivity index (χ1n) is 8.82. The van der Waals surface area contributed by atoms with E-state index in [4.69, 9.17) is 9.47 Å². The van der Waals surface area contributed by atoms with Crippen LogP contribution in [0.5, 0.6) is 11.5 Å². The van der Waals surface area contributed by atoms with E-state index in [0.717, 1.165) is 16.1 Å². The van der Waals surface area contributed by atoms with E-state index in [0.29, 0.717) is 18.8 Å². The Bertz CT molecular complexity index is 872. The highest BCUT2D eigenvalue weighted by molar-refractivity contribution is 7.09. The van der Waals surface area contributed by atoms with Gasteiger partial charge < -0.3 is 14.6 Å².